The highest BCUT2D eigenvalue weighted by atomic mass is 16.5. The zero-order chi connectivity index (χ0) is 27.1. The van der Waals surface area contributed by atoms with Crippen LogP contribution in [-0.4, -0.2) is 0 Å². The molecule has 0 atom stereocenters. The summed E-state index contributed by atoms with van der Waals surface area (Å²) in [6.07, 6.45) is 0. The van der Waals surface area contributed by atoms with Crippen molar-refractivity contribution in [3.8, 4) is 44.9 Å². The Morgan fingerprint density at radius 1 is 0.500 bits per heavy atom. The van der Waals surface area contributed by atoms with Gasteiger partial charge in [0.2, 0.25) is 0 Å². The maximum absolute atomic E-state index is 6.66. The molecule has 1 heterocycles. The van der Waals surface area contributed by atoms with Crippen LogP contribution in [0.4, 0.5) is 0 Å². The lowest BCUT2D eigenvalue weighted by molar-refractivity contribution is 0.480. The van der Waals surface area contributed by atoms with Gasteiger partial charge < -0.3 is 9.15 Å². The van der Waals surface area contributed by atoms with Gasteiger partial charge in [0.1, 0.15) is 22.7 Å². The molecule has 0 N–H and O–H groups in total. The highest BCUT2D eigenvalue weighted by Gasteiger charge is 2.21. The highest BCUT2D eigenvalue weighted by Crippen LogP contribution is 2.46. The monoisotopic (exact) mass is 516 g/mol. The SMILES string of the molecule is Cc1cccc(-c2c(Oc3ccc(-c4ccccc4)cc3)c(C)cc3c2oc2ccc(-c4ccccc4)cc23)c1. The molecule has 2 heteroatoms. The van der Waals surface area contributed by atoms with Crippen molar-refractivity contribution >= 4 is 21.9 Å². The Hall–Kier alpha value is -5.08. The first-order valence-electron chi connectivity index (χ1n) is 13.6. The summed E-state index contributed by atoms with van der Waals surface area (Å²) in [7, 11) is 0. The largest absolute Gasteiger partial charge is 0.456 e. The average Bonchev–Trinajstić information content (AvgIpc) is 3.36. The van der Waals surface area contributed by atoms with E-state index in [1.165, 1.54) is 22.3 Å². The van der Waals surface area contributed by atoms with Gasteiger partial charge in [0.25, 0.3) is 0 Å². The fourth-order valence-corrected chi connectivity index (χ4v) is 5.50. The van der Waals surface area contributed by atoms with Crippen LogP contribution in [0.2, 0.25) is 0 Å². The Bertz CT molecular complexity index is 1960. The van der Waals surface area contributed by atoms with Crippen molar-refractivity contribution in [1.82, 2.24) is 0 Å². The lowest BCUT2D eigenvalue weighted by atomic mass is 9.96. The molecule has 1 aromatic heterocycles. The average molecular weight is 517 g/mol. The third kappa shape index (κ3) is 4.34. The Labute approximate surface area is 234 Å². The molecule has 192 valence electrons. The molecule has 0 aliphatic carbocycles. The topological polar surface area (TPSA) is 22.4 Å². The van der Waals surface area contributed by atoms with E-state index in [1.807, 2.05) is 24.3 Å². The smallest absolute Gasteiger partial charge is 0.147 e. The summed E-state index contributed by atoms with van der Waals surface area (Å²) in [5, 5.41) is 2.20. The van der Waals surface area contributed by atoms with Crippen molar-refractivity contribution in [3.05, 3.63) is 145 Å². The Kier molecular flexibility index (Phi) is 5.94. The second-order valence-corrected chi connectivity index (χ2v) is 10.3. The van der Waals surface area contributed by atoms with Crippen LogP contribution in [0.1, 0.15) is 11.1 Å². The molecule has 40 heavy (non-hydrogen) atoms. The van der Waals surface area contributed by atoms with Crippen LogP contribution in [0.3, 0.4) is 0 Å². The molecule has 0 aliphatic heterocycles. The number of hydrogen-bond donors (Lipinski definition) is 0. The van der Waals surface area contributed by atoms with Gasteiger partial charge in [-0.1, -0.05) is 109 Å². The Morgan fingerprint density at radius 3 is 1.82 bits per heavy atom. The summed E-state index contributed by atoms with van der Waals surface area (Å²) in [5.41, 5.74) is 10.7. The highest BCUT2D eigenvalue weighted by molar-refractivity contribution is 6.12. The van der Waals surface area contributed by atoms with Crippen LogP contribution in [0.5, 0.6) is 11.5 Å². The predicted molar refractivity (Wildman–Crippen MR) is 166 cm³/mol. The molecule has 7 rings (SSSR count). The Morgan fingerprint density at radius 2 is 1.12 bits per heavy atom. The number of hydrogen-bond acceptors (Lipinski definition) is 2. The molecule has 0 fully saturated rings. The minimum Gasteiger partial charge on any atom is -0.456 e. The van der Waals surface area contributed by atoms with Gasteiger partial charge in [0.15, 0.2) is 0 Å². The van der Waals surface area contributed by atoms with Crippen molar-refractivity contribution in [2.24, 2.45) is 0 Å². The fourth-order valence-electron chi connectivity index (χ4n) is 5.50. The molecule has 0 aliphatic rings. The summed E-state index contributed by atoms with van der Waals surface area (Å²) < 4.78 is 13.3. The second-order valence-electron chi connectivity index (χ2n) is 10.3. The van der Waals surface area contributed by atoms with Gasteiger partial charge in [0, 0.05) is 10.8 Å². The van der Waals surface area contributed by atoms with Crippen LogP contribution in [0.25, 0.3) is 55.3 Å². The summed E-state index contributed by atoms with van der Waals surface area (Å²) in [6, 6.07) is 46.3. The molecule has 0 unspecified atom stereocenters. The first-order valence-corrected chi connectivity index (χ1v) is 13.6. The predicted octanol–water partition coefficient (Wildman–Crippen LogP) is 11.0. The van der Waals surface area contributed by atoms with Gasteiger partial charge in [-0.2, -0.15) is 0 Å². The van der Waals surface area contributed by atoms with Gasteiger partial charge >= 0.3 is 0 Å². The molecule has 6 aromatic carbocycles. The second kappa shape index (κ2) is 9.91. The number of ether oxygens (including phenoxy) is 1. The quantitative estimate of drug-likeness (QED) is 0.227. The van der Waals surface area contributed by atoms with Gasteiger partial charge in [0.05, 0.1) is 5.56 Å². The van der Waals surface area contributed by atoms with Crippen molar-refractivity contribution in [1.29, 1.82) is 0 Å². The van der Waals surface area contributed by atoms with Gasteiger partial charge in [-0.05, 0) is 77.6 Å². The van der Waals surface area contributed by atoms with Crippen LogP contribution in [-0.2, 0) is 0 Å². The Balaban J connectivity index is 1.39. The lowest BCUT2D eigenvalue weighted by Gasteiger charge is -2.16. The fraction of sp³-hybridized carbons (Fsp3) is 0.0526. The number of benzene rings is 6. The van der Waals surface area contributed by atoms with E-state index in [1.54, 1.807) is 0 Å². The van der Waals surface area contributed by atoms with Crippen LogP contribution < -0.4 is 4.74 Å². The molecular weight excluding hydrogens is 488 g/mol. The first-order chi connectivity index (χ1) is 19.6. The minimum atomic E-state index is 0.790. The molecule has 0 spiro atoms. The third-order valence-corrected chi connectivity index (χ3v) is 7.49. The summed E-state index contributed by atoms with van der Waals surface area (Å²) >= 11 is 0. The third-order valence-electron chi connectivity index (χ3n) is 7.49. The summed E-state index contributed by atoms with van der Waals surface area (Å²) in [4.78, 5) is 0. The van der Waals surface area contributed by atoms with Crippen molar-refractivity contribution in [2.75, 3.05) is 0 Å². The molecular formula is C38H28O2. The van der Waals surface area contributed by atoms with E-state index in [9.17, 15) is 0 Å². The van der Waals surface area contributed by atoms with Gasteiger partial charge in [-0.15, -0.1) is 0 Å². The number of furan rings is 1. The van der Waals surface area contributed by atoms with E-state index in [2.05, 4.69) is 123 Å². The van der Waals surface area contributed by atoms with Crippen molar-refractivity contribution in [3.63, 3.8) is 0 Å². The van der Waals surface area contributed by atoms with Crippen molar-refractivity contribution in [2.45, 2.75) is 13.8 Å². The maximum Gasteiger partial charge on any atom is 0.147 e. The van der Waals surface area contributed by atoms with E-state index in [0.29, 0.717) is 0 Å². The zero-order valence-electron chi connectivity index (χ0n) is 22.5. The molecule has 7 aromatic rings. The summed E-state index contributed by atoms with van der Waals surface area (Å²) in [6.45, 7) is 4.23. The van der Waals surface area contributed by atoms with E-state index in [0.717, 1.165) is 55.7 Å². The molecule has 2 nitrogen and oxygen atoms in total. The number of fused-ring (bicyclic) bond motifs is 3. The van der Waals surface area contributed by atoms with Crippen LogP contribution in [0.15, 0.2) is 138 Å². The summed E-state index contributed by atoms with van der Waals surface area (Å²) in [5.74, 6) is 1.60. The standard InChI is InChI=1S/C38H28O2/c1-25-10-9-15-31(22-25)36-37(39-32-19-16-29(17-20-32)27-11-5-3-6-12-27)26(2)23-34-33-24-30(28-13-7-4-8-14-28)18-21-35(33)40-38(34)36/h3-24H,1-2H3. The minimum absolute atomic E-state index is 0.790. The van der Waals surface area contributed by atoms with Crippen molar-refractivity contribution < 1.29 is 9.15 Å². The molecule has 0 bridgehead atoms. The van der Waals surface area contributed by atoms with Gasteiger partial charge in [-0.25, -0.2) is 0 Å². The molecule has 0 amide bonds. The normalized spacial score (nSPS) is 11.2. The van der Waals surface area contributed by atoms with Crippen LogP contribution >= 0.6 is 0 Å². The molecule has 0 saturated heterocycles. The lowest BCUT2D eigenvalue weighted by Crippen LogP contribution is -1.93. The van der Waals surface area contributed by atoms with E-state index in [-0.39, 0.29) is 0 Å². The van der Waals surface area contributed by atoms with E-state index < -0.39 is 0 Å². The number of rotatable bonds is 5. The number of aryl methyl sites for hydroxylation is 2. The first kappa shape index (κ1) is 24.0. The maximum atomic E-state index is 6.66. The molecule has 0 radical (unpaired) electrons. The zero-order valence-corrected chi connectivity index (χ0v) is 22.5. The van der Waals surface area contributed by atoms with Gasteiger partial charge in [-0.3, -0.25) is 0 Å². The van der Waals surface area contributed by atoms with E-state index >= 15 is 0 Å². The molecule has 0 saturated carbocycles. The van der Waals surface area contributed by atoms with E-state index in [4.69, 9.17) is 9.15 Å². The van der Waals surface area contributed by atoms with Crippen LogP contribution in [0, 0.1) is 13.8 Å².